The van der Waals surface area contributed by atoms with Gasteiger partial charge in [-0.15, -0.1) is 0 Å². The summed E-state index contributed by atoms with van der Waals surface area (Å²) in [7, 11) is 1.94. The Morgan fingerprint density at radius 2 is 2.33 bits per heavy atom. The van der Waals surface area contributed by atoms with E-state index < -0.39 is 6.10 Å². The number of likely N-dealkylation sites (tertiary alicyclic amines) is 1. The van der Waals surface area contributed by atoms with Crippen LogP contribution < -0.4 is 10.1 Å². The fourth-order valence-electron chi connectivity index (χ4n) is 2.73. The Bertz CT molecular complexity index is 507. The zero-order valence-electron chi connectivity index (χ0n) is 12.9. The number of aryl methyl sites for hydroxylation is 1. The number of nitrogens with zero attached hydrogens (tertiary/aromatic N) is 1. The van der Waals surface area contributed by atoms with Crippen LogP contribution in [0.3, 0.4) is 0 Å². The molecule has 0 saturated carbocycles. The van der Waals surface area contributed by atoms with E-state index in [-0.39, 0.29) is 5.91 Å². The van der Waals surface area contributed by atoms with Gasteiger partial charge in [-0.05, 0) is 63.5 Å². The van der Waals surface area contributed by atoms with Crippen molar-refractivity contribution in [2.24, 2.45) is 5.92 Å². The minimum atomic E-state index is -0.474. The molecule has 1 saturated heterocycles. The zero-order chi connectivity index (χ0) is 15.4. The van der Waals surface area contributed by atoms with E-state index in [1.54, 1.807) is 6.07 Å². The van der Waals surface area contributed by atoms with Gasteiger partial charge in [0.25, 0.3) is 5.91 Å². The molecule has 0 aromatic heterocycles. The van der Waals surface area contributed by atoms with Gasteiger partial charge in [0, 0.05) is 18.1 Å². The van der Waals surface area contributed by atoms with Crippen LogP contribution in [0.1, 0.15) is 18.9 Å². The number of ether oxygens (including phenoxy) is 1. The van der Waals surface area contributed by atoms with Crippen molar-refractivity contribution in [1.82, 2.24) is 10.2 Å². The molecule has 0 bridgehead atoms. The fourth-order valence-corrected chi connectivity index (χ4v) is 2.96. The summed E-state index contributed by atoms with van der Waals surface area (Å²) in [5.41, 5.74) is 0.941. The van der Waals surface area contributed by atoms with Gasteiger partial charge in [-0.3, -0.25) is 4.79 Å². The van der Waals surface area contributed by atoms with E-state index in [0.717, 1.165) is 31.6 Å². The number of hydrogen-bond donors (Lipinski definition) is 1. The molecule has 1 heterocycles. The second-order valence-corrected chi connectivity index (χ2v) is 6.10. The van der Waals surface area contributed by atoms with E-state index in [9.17, 15) is 4.79 Å². The Labute approximate surface area is 131 Å². The minimum absolute atomic E-state index is 0.0583. The van der Waals surface area contributed by atoms with Crippen LogP contribution in [0, 0.1) is 12.8 Å². The van der Waals surface area contributed by atoms with Crippen molar-refractivity contribution in [2.45, 2.75) is 26.4 Å². The maximum atomic E-state index is 12.4. The predicted molar refractivity (Wildman–Crippen MR) is 84.9 cm³/mol. The molecule has 5 heteroatoms. The standard InChI is InChI=1S/C16H23ClN2O2/c1-11-8-14(17)4-5-15(11)21-12(2)16(20)19-7-6-13(10-19)9-18-3/h4-5,8,12-13,18H,6-7,9-10H2,1-3H3/t12-,13+/m0/s1. The molecular weight excluding hydrogens is 288 g/mol. The second-order valence-electron chi connectivity index (χ2n) is 5.67. The van der Waals surface area contributed by atoms with Crippen molar-refractivity contribution in [1.29, 1.82) is 0 Å². The minimum Gasteiger partial charge on any atom is -0.481 e. The van der Waals surface area contributed by atoms with E-state index in [1.807, 2.05) is 37.9 Å². The maximum Gasteiger partial charge on any atom is 0.263 e. The number of carbonyl (C=O) groups is 1. The molecule has 1 aromatic carbocycles. The van der Waals surface area contributed by atoms with Crippen LogP contribution in [0.25, 0.3) is 0 Å². The van der Waals surface area contributed by atoms with Gasteiger partial charge in [0.05, 0.1) is 0 Å². The average Bonchev–Trinajstić information content (AvgIpc) is 2.90. The average molecular weight is 311 g/mol. The smallest absolute Gasteiger partial charge is 0.263 e. The second kappa shape index (κ2) is 7.14. The Morgan fingerprint density at radius 3 is 3.00 bits per heavy atom. The molecule has 1 N–H and O–H groups in total. The molecule has 0 unspecified atom stereocenters. The summed E-state index contributed by atoms with van der Waals surface area (Å²) in [5.74, 6) is 1.32. The quantitative estimate of drug-likeness (QED) is 0.908. The van der Waals surface area contributed by atoms with Crippen molar-refractivity contribution in [3.63, 3.8) is 0 Å². The summed E-state index contributed by atoms with van der Waals surface area (Å²) in [5, 5.41) is 3.84. The number of amides is 1. The van der Waals surface area contributed by atoms with Crippen LogP contribution in [-0.2, 0) is 4.79 Å². The topological polar surface area (TPSA) is 41.6 Å². The molecule has 1 aromatic rings. The number of carbonyl (C=O) groups excluding carboxylic acids is 1. The maximum absolute atomic E-state index is 12.4. The van der Waals surface area contributed by atoms with Gasteiger partial charge in [0.15, 0.2) is 6.10 Å². The molecule has 1 aliphatic heterocycles. The normalized spacial score (nSPS) is 19.6. The molecule has 1 fully saturated rings. The van der Waals surface area contributed by atoms with Crippen LogP contribution in [0.15, 0.2) is 18.2 Å². The van der Waals surface area contributed by atoms with Crippen molar-refractivity contribution < 1.29 is 9.53 Å². The van der Waals surface area contributed by atoms with Crippen LogP contribution in [0.4, 0.5) is 0 Å². The van der Waals surface area contributed by atoms with E-state index in [2.05, 4.69) is 5.32 Å². The van der Waals surface area contributed by atoms with Crippen LogP contribution in [0.5, 0.6) is 5.75 Å². The predicted octanol–water partition coefficient (Wildman–Crippen LogP) is 2.48. The Hall–Kier alpha value is -1.26. The first-order valence-corrected chi connectivity index (χ1v) is 7.75. The molecule has 2 rings (SSSR count). The summed E-state index contributed by atoms with van der Waals surface area (Å²) >= 11 is 5.93. The third-order valence-electron chi connectivity index (χ3n) is 3.88. The van der Waals surface area contributed by atoms with Gasteiger partial charge in [0.1, 0.15) is 5.75 Å². The summed E-state index contributed by atoms with van der Waals surface area (Å²) < 4.78 is 5.80. The lowest BCUT2D eigenvalue weighted by Gasteiger charge is -2.22. The van der Waals surface area contributed by atoms with Gasteiger partial charge < -0.3 is 15.0 Å². The first kappa shape index (κ1) is 16.1. The lowest BCUT2D eigenvalue weighted by molar-refractivity contribution is -0.137. The first-order chi connectivity index (χ1) is 10.0. The monoisotopic (exact) mass is 310 g/mol. The number of rotatable bonds is 5. The van der Waals surface area contributed by atoms with E-state index >= 15 is 0 Å². The van der Waals surface area contributed by atoms with Crippen LogP contribution in [-0.4, -0.2) is 43.6 Å². The van der Waals surface area contributed by atoms with E-state index in [1.165, 1.54) is 0 Å². The van der Waals surface area contributed by atoms with Crippen molar-refractivity contribution >= 4 is 17.5 Å². The highest BCUT2D eigenvalue weighted by Gasteiger charge is 2.29. The highest BCUT2D eigenvalue weighted by Crippen LogP contribution is 2.24. The third-order valence-corrected chi connectivity index (χ3v) is 4.11. The molecule has 4 nitrogen and oxygen atoms in total. The van der Waals surface area contributed by atoms with Gasteiger partial charge in [0.2, 0.25) is 0 Å². The summed E-state index contributed by atoms with van der Waals surface area (Å²) in [6.45, 7) is 6.32. The summed E-state index contributed by atoms with van der Waals surface area (Å²) in [6.07, 6.45) is 0.581. The number of nitrogens with one attached hydrogen (secondary N) is 1. The summed E-state index contributed by atoms with van der Waals surface area (Å²) in [4.78, 5) is 14.3. The van der Waals surface area contributed by atoms with Crippen molar-refractivity contribution in [3.8, 4) is 5.75 Å². The summed E-state index contributed by atoms with van der Waals surface area (Å²) in [6, 6.07) is 5.43. The van der Waals surface area contributed by atoms with E-state index in [0.29, 0.717) is 16.7 Å². The number of halogens is 1. The van der Waals surface area contributed by atoms with Crippen molar-refractivity contribution in [3.05, 3.63) is 28.8 Å². The number of hydrogen-bond acceptors (Lipinski definition) is 3. The van der Waals surface area contributed by atoms with Crippen LogP contribution >= 0.6 is 11.6 Å². The third kappa shape index (κ3) is 4.11. The molecule has 0 aliphatic carbocycles. The largest absolute Gasteiger partial charge is 0.481 e. The molecule has 116 valence electrons. The molecule has 0 radical (unpaired) electrons. The van der Waals surface area contributed by atoms with E-state index in [4.69, 9.17) is 16.3 Å². The highest BCUT2D eigenvalue weighted by molar-refractivity contribution is 6.30. The fraction of sp³-hybridized carbons (Fsp3) is 0.562. The molecule has 2 atom stereocenters. The number of benzene rings is 1. The molecule has 1 aliphatic rings. The van der Waals surface area contributed by atoms with Gasteiger partial charge in [-0.1, -0.05) is 11.6 Å². The van der Waals surface area contributed by atoms with Crippen LogP contribution in [0.2, 0.25) is 5.02 Å². The zero-order valence-corrected chi connectivity index (χ0v) is 13.6. The lowest BCUT2D eigenvalue weighted by Crippen LogP contribution is -2.39. The van der Waals surface area contributed by atoms with Crippen molar-refractivity contribution in [2.75, 3.05) is 26.7 Å². The molecule has 21 heavy (non-hydrogen) atoms. The Kier molecular flexibility index (Phi) is 5.48. The SMILES string of the molecule is CNC[C@H]1CCN(C(=O)[C@H](C)Oc2ccc(Cl)cc2C)C1. The van der Waals surface area contributed by atoms with Gasteiger partial charge in [-0.25, -0.2) is 0 Å². The van der Waals surface area contributed by atoms with Gasteiger partial charge in [-0.2, -0.15) is 0 Å². The van der Waals surface area contributed by atoms with Gasteiger partial charge >= 0.3 is 0 Å². The molecule has 1 amide bonds. The molecule has 0 spiro atoms. The molecular formula is C16H23ClN2O2. The Balaban J connectivity index is 1.94. The highest BCUT2D eigenvalue weighted by atomic mass is 35.5. The Morgan fingerprint density at radius 1 is 1.57 bits per heavy atom. The first-order valence-electron chi connectivity index (χ1n) is 7.37. The lowest BCUT2D eigenvalue weighted by atomic mass is 10.1.